The summed E-state index contributed by atoms with van der Waals surface area (Å²) in [4.78, 5) is 5.96. The summed E-state index contributed by atoms with van der Waals surface area (Å²) in [6.45, 7) is 1.98. The Kier molecular flexibility index (Phi) is 3.29. The molecule has 0 aliphatic carbocycles. The van der Waals surface area contributed by atoms with Gasteiger partial charge >= 0.3 is 0 Å². The van der Waals surface area contributed by atoms with Crippen LogP contribution >= 0.6 is 0 Å². The maximum atomic E-state index is 8.58. The highest BCUT2D eigenvalue weighted by molar-refractivity contribution is 5.62. The summed E-state index contributed by atoms with van der Waals surface area (Å²) in [5.41, 5.74) is 6.59. The summed E-state index contributed by atoms with van der Waals surface area (Å²) in [6.07, 6.45) is 2.13. The zero-order valence-electron chi connectivity index (χ0n) is 8.44. The highest BCUT2D eigenvalue weighted by Crippen LogP contribution is 2.21. The molecule has 0 aromatic carbocycles. The maximum absolute atomic E-state index is 8.58. The molecule has 1 heterocycles. The summed E-state index contributed by atoms with van der Waals surface area (Å²) in [5, 5.41) is 8.58. The number of nitrogen functional groups attached to an aromatic ring is 1. The lowest BCUT2D eigenvalue weighted by molar-refractivity contribution is 0.702. The topological polar surface area (TPSA) is 65.9 Å². The molecule has 0 spiro atoms. The van der Waals surface area contributed by atoms with Crippen molar-refractivity contribution in [3.63, 3.8) is 0 Å². The van der Waals surface area contributed by atoms with E-state index in [-0.39, 0.29) is 6.04 Å². The van der Waals surface area contributed by atoms with Gasteiger partial charge < -0.3 is 10.6 Å². The van der Waals surface area contributed by atoms with E-state index in [1.165, 1.54) is 0 Å². The van der Waals surface area contributed by atoms with Gasteiger partial charge in [-0.2, -0.15) is 5.26 Å². The van der Waals surface area contributed by atoms with E-state index in [9.17, 15) is 0 Å². The van der Waals surface area contributed by atoms with Gasteiger partial charge in [0, 0.05) is 19.3 Å². The van der Waals surface area contributed by atoms with Crippen molar-refractivity contribution in [3.05, 3.63) is 18.3 Å². The molecule has 0 aliphatic heterocycles. The van der Waals surface area contributed by atoms with Gasteiger partial charge in [-0.3, -0.25) is 0 Å². The van der Waals surface area contributed by atoms with E-state index in [0.717, 1.165) is 5.69 Å². The molecule has 0 saturated heterocycles. The van der Waals surface area contributed by atoms with Crippen LogP contribution in [0, 0.1) is 11.3 Å². The third-order valence-corrected chi connectivity index (χ3v) is 2.24. The van der Waals surface area contributed by atoms with Gasteiger partial charge in [-0.25, -0.2) is 4.98 Å². The summed E-state index contributed by atoms with van der Waals surface area (Å²) >= 11 is 0. The number of nitriles is 1. The molecule has 0 amide bonds. The third kappa shape index (κ3) is 2.13. The fourth-order valence-electron chi connectivity index (χ4n) is 1.21. The van der Waals surface area contributed by atoms with Gasteiger partial charge in [0.05, 0.1) is 18.2 Å². The summed E-state index contributed by atoms with van der Waals surface area (Å²) < 4.78 is 0. The van der Waals surface area contributed by atoms with E-state index in [4.69, 9.17) is 11.0 Å². The van der Waals surface area contributed by atoms with Crippen LogP contribution in [-0.4, -0.2) is 18.1 Å². The Balaban J connectivity index is 2.84. The molecule has 2 N–H and O–H groups in total. The van der Waals surface area contributed by atoms with E-state index in [1.807, 2.05) is 31.0 Å². The van der Waals surface area contributed by atoms with Gasteiger partial charge in [-0.15, -0.1) is 0 Å². The first-order valence-electron chi connectivity index (χ1n) is 4.47. The van der Waals surface area contributed by atoms with Crippen LogP contribution in [0.3, 0.4) is 0 Å². The SMILES string of the molecule is CC(CC#N)N(C)c1cccnc1N. The van der Waals surface area contributed by atoms with Gasteiger partial charge in [0.2, 0.25) is 0 Å². The smallest absolute Gasteiger partial charge is 0.146 e. The molecule has 1 unspecified atom stereocenters. The molecule has 1 rings (SSSR count). The Bertz CT molecular complexity index is 342. The average Bonchev–Trinajstić information content (AvgIpc) is 2.18. The Morgan fingerprint density at radius 1 is 1.71 bits per heavy atom. The van der Waals surface area contributed by atoms with Gasteiger partial charge in [0.25, 0.3) is 0 Å². The lowest BCUT2D eigenvalue weighted by atomic mass is 10.2. The van der Waals surface area contributed by atoms with Crippen LogP contribution in [0.4, 0.5) is 11.5 Å². The third-order valence-electron chi connectivity index (χ3n) is 2.24. The Morgan fingerprint density at radius 3 is 3.00 bits per heavy atom. The minimum absolute atomic E-state index is 0.145. The second kappa shape index (κ2) is 4.47. The zero-order chi connectivity index (χ0) is 10.6. The minimum atomic E-state index is 0.145. The number of aromatic nitrogens is 1. The predicted molar refractivity (Wildman–Crippen MR) is 56.7 cm³/mol. The molecule has 0 radical (unpaired) electrons. The maximum Gasteiger partial charge on any atom is 0.146 e. The van der Waals surface area contributed by atoms with E-state index in [2.05, 4.69) is 11.1 Å². The van der Waals surface area contributed by atoms with Crippen molar-refractivity contribution in [2.45, 2.75) is 19.4 Å². The molecule has 14 heavy (non-hydrogen) atoms. The van der Waals surface area contributed by atoms with Crippen LogP contribution in [0.1, 0.15) is 13.3 Å². The van der Waals surface area contributed by atoms with Crippen molar-refractivity contribution in [1.82, 2.24) is 4.98 Å². The summed E-state index contributed by atoms with van der Waals surface area (Å²) in [5.74, 6) is 0.500. The molecule has 74 valence electrons. The average molecular weight is 190 g/mol. The fraction of sp³-hybridized carbons (Fsp3) is 0.400. The molecule has 1 aromatic heterocycles. The van der Waals surface area contributed by atoms with Crippen LogP contribution < -0.4 is 10.6 Å². The van der Waals surface area contributed by atoms with Crippen molar-refractivity contribution in [3.8, 4) is 6.07 Å². The molecule has 0 bridgehead atoms. The first-order chi connectivity index (χ1) is 6.66. The Labute approximate surface area is 84.0 Å². The number of rotatable bonds is 3. The van der Waals surface area contributed by atoms with Crippen molar-refractivity contribution >= 4 is 11.5 Å². The lowest BCUT2D eigenvalue weighted by Gasteiger charge is -2.25. The standard InChI is InChI=1S/C10H14N4/c1-8(5-6-11)14(2)9-4-3-7-13-10(9)12/h3-4,7-8H,5H2,1-2H3,(H2,12,13). The van der Waals surface area contributed by atoms with E-state index in [0.29, 0.717) is 12.2 Å². The first-order valence-corrected chi connectivity index (χ1v) is 4.47. The molecule has 0 aliphatic rings. The van der Waals surface area contributed by atoms with Crippen molar-refractivity contribution in [2.75, 3.05) is 17.7 Å². The molecule has 1 aromatic rings. The first kappa shape index (κ1) is 10.3. The highest BCUT2D eigenvalue weighted by atomic mass is 15.1. The van der Waals surface area contributed by atoms with Crippen LogP contribution in [-0.2, 0) is 0 Å². The molecule has 1 atom stereocenters. The minimum Gasteiger partial charge on any atom is -0.382 e. The Morgan fingerprint density at radius 2 is 2.43 bits per heavy atom. The molecule has 4 heteroatoms. The van der Waals surface area contributed by atoms with Gasteiger partial charge in [-0.1, -0.05) is 0 Å². The Hall–Kier alpha value is -1.76. The second-order valence-corrected chi connectivity index (χ2v) is 3.23. The van der Waals surface area contributed by atoms with Crippen molar-refractivity contribution in [2.24, 2.45) is 0 Å². The molecule has 0 fully saturated rings. The number of anilines is 2. The summed E-state index contributed by atoms with van der Waals surface area (Å²) in [7, 11) is 1.91. The van der Waals surface area contributed by atoms with Gasteiger partial charge in [-0.05, 0) is 19.1 Å². The molecule has 4 nitrogen and oxygen atoms in total. The highest BCUT2D eigenvalue weighted by Gasteiger charge is 2.11. The molecular formula is C10H14N4. The van der Waals surface area contributed by atoms with E-state index < -0.39 is 0 Å². The summed E-state index contributed by atoms with van der Waals surface area (Å²) in [6, 6.07) is 6.01. The number of pyridine rings is 1. The van der Waals surface area contributed by atoms with E-state index in [1.54, 1.807) is 6.20 Å². The van der Waals surface area contributed by atoms with E-state index >= 15 is 0 Å². The molecular weight excluding hydrogens is 176 g/mol. The van der Waals surface area contributed by atoms with Crippen LogP contribution in [0.15, 0.2) is 18.3 Å². The number of hydrogen-bond acceptors (Lipinski definition) is 4. The van der Waals surface area contributed by atoms with Crippen molar-refractivity contribution in [1.29, 1.82) is 5.26 Å². The fourth-order valence-corrected chi connectivity index (χ4v) is 1.21. The normalized spacial score (nSPS) is 11.8. The second-order valence-electron chi connectivity index (χ2n) is 3.23. The number of nitrogens with two attached hydrogens (primary N) is 1. The monoisotopic (exact) mass is 190 g/mol. The predicted octanol–water partition coefficient (Wildman–Crippen LogP) is 1.40. The quantitative estimate of drug-likeness (QED) is 0.782. The number of nitrogens with zero attached hydrogens (tertiary/aromatic N) is 3. The van der Waals surface area contributed by atoms with Gasteiger partial charge in [0.15, 0.2) is 0 Å². The van der Waals surface area contributed by atoms with Crippen LogP contribution in [0.5, 0.6) is 0 Å². The lowest BCUT2D eigenvalue weighted by Crippen LogP contribution is -2.29. The number of hydrogen-bond donors (Lipinski definition) is 1. The largest absolute Gasteiger partial charge is 0.382 e. The zero-order valence-corrected chi connectivity index (χ0v) is 8.44. The molecule has 0 saturated carbocycles. The van der Waals surface area contributed by atoms with Crippen LogP contribution in [0.2, 0.25) is 0 Å². The van der Waals surface area contributed by atoms with Crippen molar-refractivity contribution < 1.29 is 0 Å². The van der Waals surface area contributed by atoms with Gasteiger partial charge in [0.1, 0.15) is 5.82 Å². The van der Waals surface area contributed by atoms with Crippen LogP contribution in [0.25, 0.3) is 0 Å².